The molecule has 2 fully saturated rings. The summed E-state index contributed by atoms with van der Waals surface area (Å²) in [6.07, 6.45) is 3.66. The lowest BCUT2D eigenvalue weighted by Gasteiger charge is -2.17. The number of amides is 3. The van der Waals surface area contributed by atoms with E-state index in [-0.39, 0.29) is 11.8 Å². The Hall–Kier alpha value is -1.59. The van der Waals surface area contributed by atoms with Crippen LogP contribution in [0.5, 0.6) is 0 Å². The molecule has 2 aliphatic rings. The minimum Gasteiger partial charge on any atom is -0.368 e. The number of hydrogen-bond acceptors (Lipinski definition) is 3. The molecule has 1 aliphatic carbocycles. The van der Waals surface area contributed by atoms with Crippen LogP contribution < -0.4 is 16.4 Å². The second-order valence-electron chi connectivity index (χ2n) is 4.80. The largest absolute Gasteiger partial charge is 0.368 e. The molecule has 3 amide bonds. The maximum atomic E-state index is 11.8. The molecule has 0 spiro atoms. The number of primary amides is 1. The molecule has 17 heavy (non-hydrogen) atoms. The summed E-state index contributed by atoms with van der Waals surface area (Å²) in [5, 5.41) is 5.19. The molecular formula is C11H17N3O3. The maximum Gasteiger partial charge on any atom is 0.243 e. The van der Waals surface area contributed by atoms with Gasteiger partial charge in [0.2, 0.25) is 17.7 Å². The van der Waals surface area contributed by atoms with Crippen molar-refractivity contribution >= 4 is 17.7 Å². The van der Waals surface area contributed by atoms with Crippen molar-refractivity contribution in [1.29, 1.82) is 0 Å². The summed E-state index contributed by atoms with van der Waals surface area (Å²) in [6, 6.07) is -1.11. The highest BCUT2D eigenvalue weighted by atomic mass is 16.2. The summed E-state index contributed by atoms with van der Waals surface area (Å²) in [7, 11) is 0. The average molecular weight is 239 g/mol. The van der Waals surface area contributed by atoms with Crippen LogP contribution in [0.2, 0.25) is 0 Å². The van der Waals surface area contributed by atoms with E-state index in [9.17, 15) is 14.4 Å². The highest BCUT2D eigenvalue weighted by molar-refractivity contribution is 5.93. The van der Waals surface area contributed by atoms with Gasteiger partial charge >= 0.3 is 0 Å². The fourth-order valence-electron chi connectivity index (χ4n) is 2.02. The third-order valence-electron chi connectivity index (χ3n) is 3.24. The zero-order valence-electron chi connectivity index (χ0n) is 9.57. The first-order valence-electron chi connectivity index (χ1n) is 5.95. The number of rotatable bonds is 5. The van der Waals surface area contributed by atoms with Crippen molar-refractivity contribution in [3.8, 4) is 0 Å². The summed E-state index contributed by atoms with van der Waals surface area (Å²) in [4.78, 5) is 34.0. The van der Waals surface area contributed by atoms with E-state index in [0.29, 0.717) is 25.2 Å². The maximum absolute atomic E-state index is 11.8. The van der Waals surface area contributed by atoms with Crippen molar-refractivity contribution in [3.63, 3.8) is 0 Å². The van der Waals surface area contributed by atoms with Gasteiger partial charge in [0.1, 0.15) is 12.1 Å². The molecule has 1 aliphatic heterocycles. The summed E-state index contributed by atoms with van der Waals surface area (Å²) in [6.45, 7) is 0. The van der Waals surface area contributed by atoms with Crippen LogP contribution in [0.3, 0.4) is 0 Å². The first-order chi connectivity index (χ1) is 8.06. The number of carbonyl (C=O) groups excluding carboxylic acids is 3. The van der Waals surface area contributed by atoms with Crippen LogP contribution in [-0.2, 0) is 14.4 Å². The monoisotopic (exact) mass is 239 g/mol. The van der Waals surface area contributed by atoms with Gasteiger partial charge < -0.3 is 16.4 Å². The lowest BCUT2D eigenvalue weighted by atomic mass is 10.1. The quantitative estimate of drug-likeness (QED) is 0.575. The van der Waals surface area contributed by atoms with Gasteiger partial charge in [-0.1, -0.05) is 12.8 Å². The van der Waals surface area contributed by atoms with E-state index in [1.165, 1.54) is 0 Å². The number of carbonyl (C=O) groups is 3. The molecule has 0 aromatic carbocycles. The Bertz CT molecular complexity index is 352. The normalized spacial score (nSPS) is 25.2. The molecule has 94 valence electrons. The molecule has 1 heterocycles. The molecule has 1 saturated carbocycles. The van der Waals surface area contributed by atoms with Gasteiger partial charge in [0, 0.05) is 6.42 Å². The van der Waals surface area contributed by atoms with Crippen molar-refractivity contribution < 1.29 is 14.4 Å². The number of nitrogens with one attached hydrogen (secondary N) is 2. The predicted molar refractivity (Wildman–Crippen MR) is 59.6 cm³/mol. The Morgan fingerprint density at radius 3 is 2.59 bits per heavy atom. The molecule has 1 saturated heterocycles. The van der Waals surface area contributed by atoms with Gasteiger partial charge in [-0.3, -0.25) is 14.4 Å². The van der Waals surface area contributed by atoms with E-state index < -0.39 is 18.0 Å². The Morgan fingerprint density at radius 2 is 2.12 bits per heavy atom. The predicted octanol–water partition coefficient (Wildman–Crippen LogP) is -0.965. The second kappa shape index (κ2) is 4.73. The molecular weight excluding hydrogens is 222 g/mol. The van der Waals surface area contributed by atoms with Gasteiger partial charge in [0.05, 0.1) is 0 Å². The molecule has 2 atom stereocenters. The van der Waals surface area contributed by atoms with Crippen LogP contribution in [0.1, 0.15) is 32.1 Å². The Kier molecular flexibility index (Phi) is 3.31. The molecule has 0 aromatic heterocycles. The molecule has 0 unspecified atom stereocenters. The van der Waals surface area contributed by atoms with Crippen LogP contribution in [0.25, 0.3) is 0 Å². The third kappa shape index (κ3) is 3.18. The highest BCUT2D eigenvalue weighted by Crippen LogP contribution is 2.33. The van der Waals surface area contributed by atoms with Crippen molar-refractivity contribution in [2.24, 2.45) is 11.7 Å². The lowest BCUT2D eigenvalue weighted by Crippen LogP contribution is -2.50. The van der Waals surface area contributed by atoms with Crippen molar-refractivity contribution in [1.82, 2.24) is 10.6 Å². The lowest BCUT2D eigenvalue weighted by molar-refractivity contribution is -0.129. The molecule has 6 heteroatoms. The van der Waals surface area contributed by atoms with E-state index in [2.05, 4.69) is 10.6 Å². The first-order valence-corrected chi connectivity index (χ1v) is 5.95. The number of hydrogen-bond donors (Lipinski definition) is 3. The van der Waals surface area contributed by atoms with Crippen LogP contribution in [-0.4, -0.2) is 29.8 Å². The van der Waals surface area contributed by atoms with Gasteiger partial charge in [0.15, 0.2) is 0 Å². The van der Waals surface area contributed by atoms with Gasteiger partial charge in [-0.05, 0) is 18.8 Å². The van der Waals surface area contributed by atoms with Crippen LogP contribution in [0.15, 0.2) is 0 Å². The summed E-state index contributed by atoms with van der Waals surface area (Å²) < 4.78 is 0. The van der Waals surface area contributed by atoms with Crippen LogP contribution in [0.4, 0.5) is 0 Å². The molecule has 0 aromatic rings. The number of nitrogens with two attached hydrogens (primary N) is 1. The van der Waals surface area contributed by atoms with E-state index in [1.807, 2.05) is 0 Å². The zero-order chi connectivity index (χ0) is 12.4. The molecule has 2 rings (SSSR count). The van der Waals surface area contributed by atoms with Gasteiger partial charge in [-0.15, -0.1) is 0 Å². The second-order valence-corrected chi connectivity index (χ2v) is 4.80. The van der Waals surface area contributed by atoms with Crippen molar-refractivity contribution in [2.45, 2.75) is 44.2 Å². The minimum absolute atomic E-state index is 0.122. The SMILES string of the molecule is NC(=O)[C@@H](CC1CC1)NC(=O)[C@H]1CCC(=O)N1. The van der Waals surface area contributed by atoms with E-state index in [4.69, 9.17) is 5.73 Å². The zero-order valence-corrected chi connectivity index (χ0v) is 9.57. The summed E-state index contributed by atoms with van der Waals surface area (Å²) in [5.74, 6) is -0.427. The fourth-order valence-corrected chi connectivity index (χ4v) is 2.02. The Balaban J connectivity index is 1.85. The van der Waals surface area contributed by atoms with Gasteiger partial charge in [0.25, 0.3) is 0 Å². The van der Waals surface area contributed by atoms with Gasteiger partial charge in [-0.2, -0.15) is 0 Å². The molecule has 6 nitrogen and oxygen atoms in total. The fraction of sp³-hybridized carbons (Fsp3) is 0.727. The van der Waals surface area contributed by atoms with E-state index >= 15 is 0 Å². The van der Waals surface area contributed by atoms with Crippen LogP contribution in [0, 0.1) is 5.92 Å². The Labute approximate surface area is 99.3 Å². The smallest absolute Gasteiger partial charge is 0.243 e. The molecule has 4 N–H and O–H groups in total. The summed E-state index contributed by atoms with van der Waals surface area (Å²) >= 11 is 0. The average Bonchev–Trinajstić information content (AvgIpc) is 2.97. The standard InChI is InChI=1S/C11H17N3O3/c12-10(16)8(5-6-1-2-6)14-11(17)7-3-4-9(15)13-7/h6-8H,1-5H2,(H2,12,16)(H,13,15)(H,14,17)/t7-,8-/m1/s1. The highest BCUT2D eigenvalue weighted by Gasteiger charge is 2.32. The van der Waals surface area contributed by atoms with Crippen LogP contribution >= 0.6 is 0 Å². The first kappa shape index (κ1) is 11.9. The van der Waals surface area contributed by atoms with Crippen molar-refractivity contribution in [2.75, 3.05) is 0 Å². The molecule has 0 bridgehead atoms. The molecule has 0 radical (unpaired) electrons. The van der Waals surface area contributed by atoms with E-state index in [0.717, 1.165) is 12.8 Å². The topological polar surface area (TPSA) is 101 Å². The Morgan fingerprint density at radius 1 is 1.41 bits per heavy atom. The van der Waals surface area contributed by atoms with Crippen molar-refractivity contribution in [3.05, 3.63) is 0 Å². The minimum atomic E-state index is -0.604. The van der Waals surface area contributed by atoms with Gasteiger partial charge in [-0.25, -0.2) is 0 Å². The summed E-state index contributed by atoms with van der Waals surface area (Å²) in [5.41, 5.74) is 5.25. The third-order valence-corrected chi connectivity index (χ3v) is 3.24. The van der Waals surface area contributed by atoms with E-state index in [1.54, 1.807) is 0 Å².